The summed E-state index contributed by atoms with van der Waals surface area (Å²) in [5.74, 6) is -1.38. The van der Waals surface area contributed by atoms with Crippen LogP contribution in [0, 0.1) is 0 Å². The second kappa shape index (κ2) is 6.91. The van der Waals surface area contributed by atoms with E-state index in [1.165, 1.54) is 0 Å². The average Bonchev–Trinajstić information content (AvgIpc) is 2.43. The van der Waals surface area contributed by atoms with Gasteiger partial charge in [0.1, 0.15) is 0 Å². The van der Waals surface area contributed by atoms with Crippen molar-refractivity contribution in [1.82, 2.24) is 10.6 Å². The van der Waals surface area contributed by atoms with Crippen molar-refractivity contribution in [2.45, 2.75) is 31.9 Å². The number of carboxylic acids is 1. The van der Waals surface area contributed by atoms with E-state index in [9.17, 15) is 14.7 Å². The van der Waals surface area contributed by atoms with E-state index in [2.05, 4.69) is 10.6 Å². The van der Waals surface area contributed by atoms with Crippen LogP contribution < -0.4 is 10.6 Å². The number of benzene rings is 1. The Kier molecular flexibility index (Phi) is 5.52. The predicted octanol–water partition coefficient (Wildman–Crippen LogP) is 1.27. The fourth-order valence-corrected chi connectivity index (χ4v) is 1.64. The van der Waals surface area contributed by atoms with E-state index in [0.717, 1.165) is 12.5 Å². The molecule has 1 aromatic rings. The molecule has 0 heterocycles. The summed E-state index contributed by atoms with van der Waals surface area (Å²) in [6.45, 7) is 2.70. The number of hydrogen-bond acceptors (Lipinski definition) is 3. The summed E-state index contributed by atoms with van der Waals surface area (Å²) in [5.41, 5.74) is -1.01. The molecule has 0 spiro atoms. The van der Waals surface area contributed by atoms with Crippen LogP contribution in [0.15, 0.2) is 30.3 Å². The summed E-state index contributed by atoms with van der Waals surface area (Å²) in [6, 6.07) is 8.79. The molecule has 20 heavy (non-hydrogen) atoms. The maximum atomic E-state index is 11.7. The first kappa shape index (κ1) is 16.0. The molecule has 4 N–H and O–H groups in total. The minimum atomic E-state index is -1.98. The topological polar surface area (TPSA) is 98.7 Å². The molecule has 6 nitrogen and oxygen atoms in total. The van der Waals surface area contributed by atoms with Gasteiger partial charge in [-0.15, -0.1) is 0 Å². The molecule has 0 bridgehead atoms. The van der Waals surface area contributed by atoms with Crippen molar-refractivity contribution in [3.05, 3.63) is 35.9 Å². The zero-order valence-electron chi connectivity index (χ0n) is 11.6. The standard InChI is InChI=1S/C14H20N2O4/c1-3-11(10-7-5-4-6-8-10)16-13(19)15-9-14(2,20)12(17)18/h4-8,11,20H,3,9H2,1-2H3,(H,17,18)(H2,15,16,19). The van der Waals surface area contributed by atoms with Gasteiger partial charge in [-0.25, -0.2) is 9.59 Å². The van der Waals surface area contributed by atoms with Crippen molar-refractivity contribution in [2.24, 2.45) is 0 Å². The Hall–Kier alpha value is -2.08. The summed E-state index contributed by atoms with van der Waals surface area (Å²) in [6.07, 6.45) is 0.701. The molecule has 0 radical (unpaired) electrons. The SMILES string of the molecule is CCC(NC(=O)NCC(C)(O)C(=O)O)c1ccccc1. The van der Waals surface area contributed by atoms with Crippen LogP contribution in [0.25, 0.3) is 0 Å². The number of aliphatic hydroxyl groups is 1. The minimum absolute atomic E-state index is 0.161. The van der Waals surface area contributed by atoms with E-state index in [0.29, 0.717) is 6.42 Å². The molecule has 0 aliphatic carbocycles. The molecule has 2 atom stereocenters. The van der Waals surface area contributed by atoms with Gasteiger partial charge < -0.3 is 20.8 Å². The fraction of sp³-hybridized carbons (Fsp3) is 0.429. The van der Waals surface area contributed by atoms with E-state index >= 15 is 0 Å². The normalized spacial score (nSPS) is 14.9. The zero-order chi connectivity index (χ0) is 15.2. The van der Waals surface area contributed by atoms with E-state index in [1.54, 1.807) is 0 Å². The second-order valence-corrected chi connectivity index (χ2v) is 4.78. The highest BCUT2D eigenvalue weighted by molar-refractivity contribution is 5.79. The van der Waals surface area contributed by atoms with Gasteiger partial charge in [-0.3, -0.25) is 0 Å². The Morgan fingerprint density at radius 1 is 1.30 bits per heavy atom. The molecular formula is C14H20N2O4. The lowest BCUT2D eigenvalue weighted by atomic mass is 10.1. The number of carbonyl (C=O) groups excluding carboxylic acids is 1. The van der Waals surface area contributed by atoms with Crippen molar-refractivity contribution in [1.29, 1.82) is 0 Å². The zero-order valence-corrected chi connectivity index (χ0v) is 11.6. The minimum Gasteiger partial charge on any atom is -0.479 e. The summed E-state index contributed by atoms with van der Waals surface area (Å²) in [5, 5.41) is 23.3. The monoisotopic (exact) mass is 280 g/mol. The van der Waals surface area contributed by atoms with E-state index in [4.69, 9.17) is 5.11 Å². The molecule has 0 aliphatic rings. The van der Waals surface area contributed by atoms with Crippen LogP contribution in [-0.2, 0) is 4.79 Å². The molecule has 110 valence electrons. The van der Waals surface area contributed by atoms with Crippen molar-refractivity contribution < 1.29 is 19.8 Å². The Labute approximate surface area is 117 Å². The van der Waals surface area contributed by atoms with E-state index in [-0.39, 0.29) is 12.6 Å². The summed E-state index contributed by atoms with van der Waals surface area (Å²) in [7, 11) is 0. The lowest BCUT2D eigenvalue weighted by Gasteiger charge is -2.21. The third-order valence-corrected chi connectivity index (χ3v) is 2.97. The summed E-state index contributed by atoms with van der Waals surface area (Å²) < 4.78 is 0. The summed E-state index contributed by atoms with van der Waals surface area (Å²) in [4.78, 5) is 22.4. The van der Waals surface area contributed by atoms with Crippen LogP contribution in [0.2, 0.25) is 0 Å². The lowest BCUT2D eigenvalue weighted by Crippen LogP contribution is -2.49. The number of carbonyl (C=O) groups is 2. The molecule has 6 heteroatoms. The molecule has 0 saturated carbocycles. The summed E-state index contributed by atoms with van der Waals surface area (Å²) >= 11 is 0. The van der Waals surface area contributed by atoms with Crippen molar-refractivity contribution in [3.63, 3.8) is 0 Å². The number of rotatable bonds is 6. The molecular weight excluding hydrogens is 260 g/mol. The van der Waals surface area contributed by atoms with Gasteiger partial charge in [0.25, 0.3) is 0 Å². The van der Waals surface area contributed by atoms with Crippen molar-refractivity contribution in [3.8, 4) is 0 Å². The van der Waals surface area contributed by atoms with Gasteiger partial charge in [0.15, 0.2) is 5.60 Å². The Morgan fingerprint density at radius 2 is 1.90 bits per heavy atom. The van der Waals surface area contributed by atoms with Crippen LogP contribution in [0.1, 0.15) is 31.9 Å². The maximum Gasteiger partial charge on any atom is 0.337 e. The van der Waals surface area contributed by atoms with E-state index < -0.39 is 17.6 Å². The predicted molar refractivity (Wildman–Crippen MR) is 74.3 cm³/mol. The number of amides is 2. The highest BCUT2D eigenvalue weighted by atomic mass is 16.4. The highest BCUT2D eigenvalue weighted by Gasteiger charge is 2.30. The number of aliphatic carboxylic acids is 1. The first-order valence-electron chi connectivity index (χ1n) is 6.42. The van der Waals surface area contributed by atoms with Gasteiger partial charge in [0, 0.05) is 0 Å². The smallest absolute Gasteiger partial charge is 0.337 e. The van der Waals surface area contributed by atoms with Gasteiger partial charge in [0.2, 0.25) is 0 Å². The third kappa shape index (κ3) is 4.55. The van der Waals surface area contributed by atoms with Crippen LogP contribution in [0.4, 0.5) is 4.79 Å². The molecule has 1 rings (SSSR count). The fourth-order valence-electron chi connectivity index (χ4n) is 1.64. The first-order valence-corrected chi connectivity index (χ1v) is 6.42. The number of urea groups is 1. The average molecular weight is 280 g/mol. The first-order chi connectivity index (χ1) is 9.36. The molecule has 0 aliphatic heterocycles. The highest BCUT2D eigenvalue weighted by Crippen LogP contribution is 2.15. The van der Waals surface area contributed by atoms with E-state index in [1.807, 2.05) is 37.3 Å². The Balaban J connectivity index is 2.55. The van der Waals surface area contributed by atoms with Gasteiger partial charge in [-0.05, 0) is 18.9 Å². The Morgan fingerprint density at radius 3 is 2.40 bits per heavy atom. The number of nitrogens with one attached hydrogen (secondary N) is 2. The van der Waals surface area contributed by atoms with Crippen LogP contribution in [0.5, 0.6) is 0 Å². The molecule has 1 aromatic carbocycles. The maximum absolute atomic E-state index is 11.7. The molecule has 2 unspecified atom stereocenters. The Bertz CT molecular complexity index is 460. The molecule has 0 fully saturated rings. The number of carboxylic acid groups (broad SMARTS) is 1. The number of hydrogen-bond donors (Lipinski definition) is 4. The molecule has 0 aromatic heterocycles. The van der Waals surface area contributed by atoms with Crippen molar-refractivity contribution >= 4 is 12.0 Å². The molecule has 2 amide bonds. The largest absolute Gasteiger partial charge is 0.479 e. The molecule has 0 saturated heterocycles. The van der Waals surface area contributed by atoms with Crippen molar-refractivity contribution in [2.75, 3.05) is 6.54 Å². The lowest BCUT2D eigenvalue weighted by molar-refractivity contribution is -0.155. The second-order valence-electron chi connectivity index (χ2n) is 4.78. The van der Waals surface area contributed by atoms with Gasteiger partial charge in [-0.2, -0.15) is 0 Å². The third-order valence-electron chi connectivity index (χ3n) is 2.97. The van der Waals surface area contributed by atoms with Gasteiger partial charge in [-0.1, -0.05) is 37.3 Å². The van der Waals surface area contributed by atoms with Gasteiger partial charge >= 0.3 is 12.0 Å². The van der Waals surface area contributed by atoms with Crippen LogP contribution in [0.3, 0.4) is 0 Å². The quantitative estimate of drug-likeness (QED) is 0.630. The van der Waals surface area contributed by atoms with Crippen LogP contribution >= 0.6 is 0 Å². The van der Waals surface area contributed by atoms with Gasteiger partial charge in [0.05, 0.1) is 12.6 Å². The van der Waals surface area contributed by atoms with Crippen LogP contribution in [-0.4, -0.2) is 34.4 Å².